The smallest absolute Gasteiger partial charge is 0.306 e. The molecule has 1 N–H and O–H groups in total. The average molecular weight is 315 g/mol. The van der Waals surface area contributed by atoms with Crippen molar-refractivity contribution in [2.45, 2.75) is 52.4 Å². The maximum absolute atomic E-state index is 13.0. The van der Waals surface area contributed by atoms with E-state index >= 15 is 0 Å². The Bertz CT molecular complexity index is 638. The zero-order chi connectivity index (χ0) is 16.6. The SMILES string of the molecule is Cc1cc(C)c2c(c1)N(C(=O)C1CCCC(C(=O)O)C1)CCC2. The standard InChI is InChI=1S/C19H25NO3/c1-12-9-13(2)16-7-4-8-20(17(16)10-12)18(21)14-5-3-6-15(11-14)19(22)23/h9-10,14-15H,3-8,11H2,1-2H3,(H,22,23). The minimum Gasteiger partial charge on any atom is -0.481 e. The zero-order valence-electron chi connectivity index (χ0n) is 14.0. The summed E-state index contributed by atoms with van der Waals surface area (Å²) in [5, 5.41) is 9.25. The number of carboxylic acid groups (broad SMARTS) is 1. The number of carboxylic acids is 1. The molecule has 0 bridgehead atoms. The van der Waals surface area contributed by atoms with Crippen LogP contribution in [0, 0.1) is 25.7 Å². The zero-order valence-corrected chi connectivity index (χ0v) is 14.0. The summed E-state index contributed by atoms with van der Waals surface area (Å²) in [7, 11) is 0. The van der Waals surface area contributed by atoms with E-state index < -0.39 is 5.97 Å². The maximum atomic E-state index is 13.0. The van der Waals surface area contributed by atoms with Gasteiger partial charge in [0.15, 0.2) is 0 Å². The molecule has 1 aromatic rings. The molecule has 0 aromatic heterocycles. The van der Waals surface area contributed by atoms with Crippen molar-refractivity contribution in [3.05, 3.63) is 28.8 Å². The van der Waals surface area contributed by atoms with Gasteiger partial charge in [-0.05, 0) is 68.7 Å². The van der Waals surface area contributed by atoms with E-state index in [9.17, 15) is 14.7 Å². The number of anilines is 1. The third kappa shape index (κ3) is 3.12. The number of hydrogen-bond acceptors (Lipinski definition) is 2. The first-order valence-electron chi connectivity index (χ1n) is 8.61. The minimum atomic E-state index is -0.756. The van der Waals surface area contributed by atoms with Crippen LogP contribution in [-0.4, -0.2) is 23.5 Å². The van der Waals surface area contributed by atoms with Gasteiger partial charge in [-0.2, -0.15) is 0 Å². The number of aliphatic carboxylic acids is 1. The van der Waals surface area contributed by atoms with Crippen molar-refractivity contribution in [2.24, 2.45) is 11.8 Å². The summed E-state index contributed by atoms with van der Waals surface area (Å²) in [5.74, 6) is -1.13. The van der Waals surface area contributed by atoms with Crippen LogP contribution in [0.4, 0.5) is 5.69 Å². The first kappa shape index (κ1) is 16.0. The average Bonchev–Trinajstić information content (AvgIpc) is 2.53. The summed E-state index contributed by atoms with van der Waals surface area (Å²) in [6.07, 6.45) is 4.85. The van der Waals surface area contributed by atoms with E-state index in [1.807, 2.05) is 4.90 Å². The molecule has 2 unspecified atom stereocenters. The quantitative estimate of drug-likeness (QED) is 0.909. The third-order valence-electron chi connectivity index (χ3n) is 5.33. The lowest BCUT2D eigenvalue weighted by Crippen LogP contribution is -2.42. The fourth-order valence-corrected chi connectivity index (χ4v) is 4.16. The van der Waals surface area contributed by atoms with E-state index in [0.29, 0.717) is 12.8 Å². The predicted octanol–water partition coefficient (Wildman–Crippen LogP) is 3.47. The second-order valence-corrected chi connectivity index (χ2v) is 7.07. The molecule has 4 heteroatoms. The highest BCUT2D eigenvalue weighted by atomic mass is 16.4. The lowest BCUT2D eigenvalue weighted by molar-refractivity contribution is -0.143. The van der Waals surface area contributed by atoms with Crippen LogP contribution in [0.1, 0.15) is 48.8 Å². The normalized spacial score (nSPS) is 24.2. The van der Waals surface area contributed by atoms with Gasteiger partial charge in [-0.1, -0.05) is 12.5 Å². The predicted molar refractivity (Wildman–Crippen MR) is 89.7 cm³/mol. The number of fused-ring (bicyclic) bond motifs is 1. The van der Waals surface area contributed by atoms with E-state index in [0.717, 1.165) is 37.9 Å². The van der Waals surface area contributed by atoms with Crippen molar-refractivity contribution in [3.63, 3.8) is 0 Å². The molecule has 2 atom stereocenters. The number of carbonyl (C=O) groups excluding carboxylic acids is 1. The van der Waals surface area contributed by atoms with Gasteiger partial charge in [0, 0.05) is 18.2 Å². The van der Waals surface area contributed by atoms with Crippen LogP contribution in [0.15, 0.2) is 12.1 Å². The third-order valence-corrected chi connectivity index (χ3v) is 5.33. The summed E-state index contributed by atoms with van der Waals surface area (Å²) in [6.45, 7) is 4.93. The van der Waals surface area contributed by atoms with Gasteiger partial charge in [-0.3, -0.25) is 9.59 Å². The molecule has 1 aliphatic heterocycles. The van der Waals surface area contributed by atoms with Gasteiger partial charge >= 0.3 is 5.97 Å². The topological polar surface area (TPSA) is 57.6 Å². The summed E-state index contributed by atoms with van der Waals surface area (Å²) >= 11 is 0. The number of rotatable bonds is 2. The van der Waals surface area contributed by atoms with E-state index in [2.05, 4.69) is 26.0 Å². The Morgan fingerprint density at radius 3 is 2.61 bits per heavy atom. The molecule has 3 rings (SSSR count). The van der Waals surface area contributed by atoms with E-state index in [1.54, 1.807) is 0 Å². The Balaban J connectivity index is 1.86. The number of hydrogen-bond donors (Lipinski definition) is 1. The molecule has 1 saturated carbocycles. The Kier molecular flexibility index (Phi) is 4.42. The van der Waals surface area contributed by atoms with E-state index in [1.165, 1.54) is 16.7 Å². The molecule has 1 amide bonds. The van der Waals surface area contributed by atoms with Crippen LogP contribution in [0.5, 0.6) is 0 Å². The Hall–Kier alpha value is -1.84. The molecular formula is C19H25NO3. The molecule has 4 nitrogen and oxygen atoms in total. The van der Waals surface area contributed by atoms with Crippen LogP contribution >= 0.6 is 0 Å². The molecule has 124 valence electrons. The second kappa shape index (κ2) is 6.34. The number of aryl methyl sites for hydroxylation is 2. The maximum Gasteiger partial charge on any atom is 0.306 e. The Labute approximate surface area is 137 Å². The molecule has 1 heterocycles. The molecule has 2 aliphatic rings. The molecule has 0 saturated heterocycles. The van der Waals surface area contributed by atoms with Crippen LogP contribution in [0.25, 0.3) is 0 Å². The molecule has 1 fully saturated rings. The van der Waals surface area contributed by atoms with E-state index in [-0.39, 0.29) is 17.7 Å². The molecule has 23 heavy (non-hydrogen) atoms. The summed E-state index contributed by atoms with van der Waals surface area (Å²) in [5.41, 5.74) is 4.76. The first-order valence-corrected chi connectivity index (χ1v) is 8.61. The molecule has 0 spiro atoms. The van der Waals surface area contributed by atoms with Crippen molar-refractivity contribution >= 4 is 17.6 Å². The number of amides is 1. The number of nitrogens with zero attached hydrogens (tertiary/aromatic N) is 1. The summed E-state index contributed by atoms with van der Waals surface area (Å²) < 4.78 is 0. The van der Waals surface area contributed by atoms with Crippen molar-refractivity contribution < 1.29 is 14.7 Å². The van der Waals surface area contributed by atoms with Crippen LogP contribution < -0.4 is 4.90 Å². The van der Waals surface area contributed by atoms with Gasteiger partial charge in [0.25, 0.3) is 0 Å². The summed E-state index contributed by atoms with van der Waals surface area (Å²) in [4.78, 5) is 26.2. The molecule has 0 radical (unpaired) electrons. The van der Waals surface area contributed by atoms with Crippen LogP contribution in [0.2, 0.25) is 0 Å². The van der Waals surface area contributed by atoms with Crippen LogP contribution in [0.3, 0.4) is 0 Å². The second-order valence-electron chi connectivity index (χ2n) is 7.07. The highest BCUT2D eigenvalue weighted by Gasteiger charge is 2.35. The highest BCUT2D eigenvalue weighted by molar-refractivity contribution is 5.96. The minimum absolute atomic E-state index is 0.127. The van der Waals surface area contributed by atoms with Crippen molar-refractivity contribution in [2.75, 3.05) is 11.4 Å². The Morgan fingerprint density at radius 2 is 1.87 bits per heavy atom. The fourth-order valence-electron chi connectivity index (χ4n) is 4.16. The molecule has 1 aromatic carbocycles. The molecular weight excluding hydrogens is 290 g/mol. The number of benzene rings is 1. The summed E-state index contributed by atoms with van der Waals surface area (Å²) in [6, 6.07) is 4.28. The fraction of sp³-hybridized carbons (Fsp3) is 0.579. The Morgan fingerprint density at radius 1 is 1.13 bits per heavy atom. The monoisotopic (exact) mass is 315 g/mol. The van der Waals surface area contributed by atoms with E-state index in [4.69, 9.17) is 0 Å². The first-order chi connectivity index (χ1) is 11.0. The lowest BCUT2D eigenvalue weighted by Gasteiger charge is -2.35. The lowest BCUT2D eigenvalue weighted by atomic mass is 9.80. The van der Waals surface area contributed by atoms with Crippen LogP contribution in [-0.2, 0) is 16.0 Å². The van der Waals surface area contributed by atoms with Crippen molar-refractivity contribution in [1.82, 2.24) is 0 Å². The van der Waals surface area contributed by atoms with Gasteiger partial charge in [0.1, 0.15) is 0 Å². The molecule has 1 aliphatic carbocycles. The largest absolute Gasteiger partial charge is 0.481 e. The highest BCUT2D eigenvalue weighted by Crippen LogP contribution is 2.36. The van der Waals surface area contributed by atoms with Gasteiger partial charge in [0.05, 0.1) is 5.92 Å². The van der Waals surface area contributed by atoms with Crippen molar-refractivity contribution in [3.8, 4) is 0 Å². The van der Waals surface area contributed by atoms with Crippen molar-refractivity contribution in [1.29, 1.82) is 0 Å². The van der Waals surface area contributed by atoms with Gasteiger partial charge in [-0.15, -0.1) is 0 Å². The van der Waals surface area contributed by atoms with Gasteiger partial charge in [-0.25, -0.2) is 0 Å². The number of carbonyl (C=O) groups is 2. The van der Waals surface area contributed by atoms with Gasteiger partial charge < -0.3 is 10.0 Å². The van der Waals surface area contributed by atoms with Gasteiger partial charge in [0.2, 0.25) is 5.91 Å².